The highest BCUT2D eigenvalue weighted by atomic mass is 32.1. The first-order valence-electron chi connectivity index (χ1n) is 9.85. The minimum Gasteiger partial charge on any atom is -0.467 e. The van der Waals surface area contributed by atoms with E-state index in [0.717, 1.165) is 29.1 Å². The van der Waals surface area contributed by atoms with Crippen LogP contribution in [0.15, 0.2) is 47.1 Å². The number of carbonyl (C=O) groups is 2. The van der Waals surface area contributed by atoms with E-state index in [1.54, 1.807) is 17.2 Å². The number of benzene rings is 1. The van der Waals surface area contributed by atoms with Gasteiger partial charge in [0.25, 0.3) is 5.91 Å². The van der Waals surface area contributed by atoms with Gasteiger partial charge in [-0.15, -0.1) is 10.2 Å². The standard InChI is InChI=1S/C21H23N5O3S/c1-14-6-8-16(9-7-14)23-18(27)20-25-24-19(30-20)15-4-2-10-26(13-15)21(28)22-12-17-5-3-11-29-17/h3,5-9,11,15H,2,4,10,12-13H2,1H3,(H,22,28)(H,23,27)/t15-/m0/s1. The van der Waals surface area contributed by atoms with E-state index >= 15 is 0 Å². The summed E-state index contributed by atoms with van der Waals surface area (Å²) in [4.78, 5) is 26.7. The van der Waals surface area contributed by atoms with E-state index < -0.39 is 0 Å². The minimum absolute atomic E-state index is 0.0755. The molecule has 0 aliphatic carbocycles. The van der Waals surface area contributed by atoms with Gasteiger partial charge < -0.3 is 20.0 Å². The predicted molar refractivity (Wildman–Crippen MR) is 114 cm³/mol. The molecule has 2 N–H and O–H groups in total. The quantitative estimate of drug-likeness (QED) is 0.648. The van der Waals surface area contributed by atoms with Crippen molar-refractivity contribution in [1.29, 1.82) is 0 Å². The summed E-state index contributed by atoms with van der Waals surface area (Å²) < 4.78 is 5.25. The van der Waals surface area contributed by atoms with Gasteiger partial charge in [-0.2, -0.15) is 0 Å². The molecule has 9 heteroatoms. The smallest absolute Gasteiger partial charge is 0.317 e. The third-order valence-corrected chi connectivity index (χ3v) is 6.08. The van der Waals surface area contributed by atoms with E-state index in [1.165, 1.54) is 11.3 Å². The summed E-state index contributed by atoms with van der Waals surface area (Å²) in [6.07, 6.45) is 3.37. The van der Waals surface area contributed by atoms with Crippen molar-refractivity contribution < 1.29 is 14.0 Å². The molecule has 0 unspecified atom stereocenters. The predicted octanol–water partition coefficient (Wildman–Crippen LogP) is 3.78. The SMILES string of the molecule is Cc1ccc(NC(=O)c2nnc([C@H]3CCCN(C(=O)NCc4ccco4)C3)s2)cc1. The Morgan fingerprint density at radius 3 is 2.83 bits per heavy atom. The molecule has 8 nitrogen and oxygen atoms in total. The van der Waals surface area contributed by atoms with Crippen LogP contribution < -0.4 is 10.6 Å². The fraction of sp³-hybridized carbons (Fsp3) is 0.333. The Balaban J connectivity index is 1.34. The van der Waals surface area contributed by atoms with E-state index in [2.05, 4.69) is 20.8 Å². The van der Waals surface area contributed by atoms with Crippen LogP contribution in [0.4, 0.5) is 10.5 Å². The van der Waals surface area contributed by atoms with Crippen LogP contribution in [0.25, 0.3) is 0 Å². The lowest BCUT2D eigenvalue weighted by molar-refractivity contribution is 0.102. The topological polar surface area (TPSA) is 100 Å². The Kier molecular flexibility index (Phi) is 6.08. The number of aromatic nitrogens is 2. The first kappa shape index (κ1) is 20.1. The van der Waals surface area contributed by atoms with Crippen molar-refractivity contribution in [2.24, 2.45) is 0 Å². The molecule has 0 saturated carbocycles. The van der Waals surface area contributed by atoms with Crippen LogP contribution in [-0.4, -0.2) is 40.1 Å². The number of amides is 3. The Labute approximate surface area is 178 Å². The average molecular weight is 426 g/mol. The largest absolute Gasteiger partial charge is 0.467 e. The van der Waals surface area contributed by atoms with Gasteiger partial charge in [0, 0.05) is 24.7 Å². The maximum Gasteiger partial charge on any atom is 0.317 e. The number of hydrogen-bond donors (Lipinski definition) is 2. The van der Waals surface area contributed by atoms with Crippen LogP contribution in [0.1, 0.15) is 44.9 Å². The number of furan rings is 1. The van der Waals surface area contributed by atoms with Gasteiger partial charge in [0.15, 0.2) is 0 Å². The van der Waals surface area contributed by atoms with Gasteiger partial charge in [0.05, 0.1) is 12.8 Å². The first-order valence-corrected chi connectivity index (χ1v) is 10.7. The van der Waals surface area contributed by atoms with Crippen molar-refractivity contribution >= 4 is 29.0 Å². The number of urea groups is 1. The molecule has 2 aromatic heterocycles. The molecule has 1 aliphatic heterocycles. The van der Waals surface area contributed by atoms with Crippen molar-refractivity contribution in [1.82, 2.24) is 20.4 Å². The third kappa shape index (κ3) is 4.85. The zero-order valence-corrected chi connectivity index (χ0v) is 17.4. The average Bonchev–Trinajstić information content (AvgIpc) is 3.46. The van der Waals surface area contributed by atoms with Crippen LogP contribution in [-0.2, 0) is 6.54 Å². The highest BCUT2D eigenvalue weighted by Crippen LogP contribution is 2.29. The molecule has 3 heterocycles. The van der Waals surface area contributed by atoms with Crippen LogP contribution in [0, 0.1) is 6.92 Å². The molecule has 1 fully saturated rings. The molecule has 0 spiro atoms. The van der Waals surface area contributed by atoms with Gasteiger partial charge in [-0.1, -0.05) is 29.0 Å². The number of hydrogen-bond acceptors (Lipinski definition) is 6. The van der Waals surface area contributed by atoms with Crippen molar-refractivity contribution in [3.63, 3.8) is 0 Å². The third-order valence-electron chi connectivity index (χ3n) is 5.00. The molecular formula is C21H23N5O3S. The summed E-state index contributed by atoms with van der Waals surface area (Å²) >= 11 is 1.29. The number of likely N-dealkylation sites (tertiary alicyclic amines) is 1. The second-order valence-electron chi connectivity index (χ2n) is 7.29. The highest BCUT2D eigenvalue weighted by Gasteiger charge is 2.28. The molecule has 3 amide bonds. The van der Waals surface area contributed by atoms with Gasteiger partial charge in [-0.05, 0) is 44.0 Å². The first-order chi connectivity index (χ1) is 14.6. The molecule has 0 bridgehead atoms. The number of anilines is 1. The summed E-state index contributed by atoms with van der Waals surface area (Å²) in [5.74, 6) is 0.517. The summed E-state index contributed by atoms with van der Waals surface area (Å²) in [6, 6.07) is 11.1. The van der Waals surface area contributed by atoms with Crippen molar-refractivity contribution in [2.45, 2.75) is 32.2 Å². The summed E-state index contributed by atoms with van der Waals surface area (Å²) in [6.45, 7) is 3.60. The molecule has 1 saturated heterocycles. The molecule has 1 aromatic carbocycles. The van der Waals surface area contributed by atoms with E-state index in [0.29, 0.717) is 30.4 Å². The maximum atomic E-state index is 12.5. The lowest BCUT2D eigenvalue weighted by Crippen LogP contribution is -2.44. The van der Waals surface area contributed by atoms with Gasteiger partial charge >= 0.3 is 6.03 Å². The normalized spacial score (nSPS) is 16.3. The van der Waals surface area contributed by atoms with Crippen molar-refractivity contribution in [2.75, 3.05) is 18.4 Å². The van der Waals surface area contributed by atoms with Crippen molar-refractivity contribution in [3.8, 4) is 0 Å². The maximum absolute atomic E-state index is 12.5. The van der Waals surface area contributed by atoms with Crippen molar-refractivity contribution in [3.05, 3.63) is 64.0 Å². The number of aryl methyl sites for hydroxylation is 1. The van der Waals surface area contributed by atoms with Gasteiger partial charge in [0.2, 0.25) is 5.01 Å². The molecule has 4 rings (SSSR count). The monoisotopic (exact) mass is 425 g/mol. The summed E-state index contributed by atoms with van der Waals surface area (Å²) in [5.41, 5.74) is 1.85. The number of piperidine rings is 1. The molecule has 3 aromatic rings. The van der Waals surface area contributed by atoms with Crippen LogP contribution >= 0.6 is 11.3 Å². The molecule has 156 valence electrons. The zero-order chi connectivity index (χ0) is 20.9. The van der Waals surface area contributed by atoms with Gasteiger partial charge in [-0.3, -0.25) is 4.79 Å². The molecule has 1 aliphatic rings. The Morgan fingerprint density at radius 2 is 2.07 bits per heavy atom. The van der Waals surface area contributed by atoms with E-state index in [-0.39, 0.29) is 17.9 Å². The molecule has 30 heavy (non-hydrogen) atoms. The summed E-state index contributed by atoms with van der Waals surface area (Å²) in [7, 11) is 0. The number of nitrogens with zero attached hydrogens (tertiary/aromatic N) is 3. The highest BCUT2D eigenvalue weighted by molar-refractivity contribution is 7.13. The zero-order valence-electron chi connectivity index (χ0n) is 16.6. The Bertz CT molecular complexity index is 1000. The van der Waals surface area contributed by atoms with E-state index in [1.807, 2.05) is 37.3 Å². The Morgan fingerprint density at radius 1 is 1.23 bits per heavy atom. The molecule has 1 atom stereocenters. The van der Waals surface area contributed by atoms with Crippen LogP contribution in [0.2, 0.25) is 0 Å². The lowest BCUT2D eigenvalue weighted by Gasteiger charge is -2.31. The fourth-order valence-electron chi connectivity index (χ4n) is 3.36. The number of nitrogens with one attached hydrogen (secondary N) is 2. The Hall–Kier alpha value is -3.20. The fourth-order valence-corrected chi connectivity index (χ4v) is 4.23. The van der Waals surface area contributed by atoms with E-state index in [9.17, 15) is 9.59 Å². The number of carbonyl (C=O) groups excluding carboxylic acids is 2. The second-order valence-corrected chi connectivity index (χ2v) is 8.30. The van der Waals surface area contributed by atoms with Crippen LogP contribution in [0.5, 0.6) is 0 Å². The molecular weight excluding hydrogens is 402 g/mol. The second kappa shape index (κ2) is 9.08. The van der Waals surface area contributed by atoms with Crippen LogP contribution in [0.3, 0.4) is 0 Å². The molecule has 0 radical (unpaired) electrons. The number of rotatable bonds is 5. The van der Waals surface area contributed by atoms with E-state index in [4.69, 9.17) is 4.42 Å². The summed E-state index contributed by atoms with van der Waals surface area (Å²) in [5, 5.41) is 15.1. The van der Waals surface area contributed by atoms with Gasteiger partial charge in [-0.25, -0.2) is 4.79 Å². The lowest BCUT2D eigenvalue weighted by atomic mass is 9.99. The van der Waals surface area contributed by atoms with Gasteiger partial charge in [0.1, 0.15) is 10.8 Å². The minimum atomic E-state index is -0.272.